The molecule has 2 rings (SSSR count). The van der Waals surface area contributed by atoms with E-state index in [9.17, 15) is 9.90 Å². The molecule has 5 nitrogen and oxygen atoms in total. The number of methoxy groups -OCH3 is 1. The van der Waals surface area contributed by atoms with Gasteiger partial charge in [-0.2, -0.15) is 0 Å². The van der Waals surface area contributed by atoms with Gasteiger partial charge in [0.25, 0.3) is 0 Å². The van der Waals surface area contributed by atoms with Gasteiger partial charge in [-0.25, -0.2) is 0 Å². The highest BCUT2D eigenvalue weighted by Gasteiger charge is 2.31. The summed E-state index contributed by atoms with van der Waals surface area (Å²) in [7, 11) is 1.55. The zero-order valence-electron chi connectivity index (χ0n) is 9.21. The lowest BCUT2D eigenvalue weighted by atomic mass is 10.1. The summed E-state index contributed by atoms with van der Waals surface area (Å²) in [5.41, 5.74) is 0.651. The van der Waals surface area contributed by atoms with Crippen LogP contribution in [0.3, 0.4) is 0 Å². The fraction of sp³-hybridized carbons (Fsp3) is 0.364. The van der Waals surface area contributed by atoms with E-state index >= 15 is 0 Å². The Morgan fingerprint density at radius 1 is 1.59 bits per heavy atom. The molecular formula is C11H13NO4S. The molecule has 1 aromatic carbocycles. The van der Waals surface area contributed by atoms with Crippen molar-refractivity contribution in [1.82, 2.24) is 5.32 Å². The summed E-state index contributed by atoms with van der Waals surface area (Å²) in [6, 6.07) is 4.34. The third-order valence-corrected chi connectivity index (χ3v) is 3.85. The number of thioether (sulfide) groups is 1. The number of hydrogen-bond acceptors (Lipinski definition) is 5. The minimum Gasteiger partial charge on any atom is -0.508 e. The van der Waals surface area contributed by atoms with Crippen LogP contribution in [0.25, 0.3) is 0 Å². The van der Waals surface area contributed by atoms with Crippen LogP contribution in [-0.4, -0.2) is 35.1 Å². The summed E-state index contributed by atoms with van der Waals surface area (Å²) in [4.78, 5) is 10.8. The second-order valence-corrected chi connectivity index (χ2v) is 4.83. The van der Waals surface area contributed by atoms with Crippen molar-refractivity contribution in [2.24, 2.45) is 0 Å². The summed E-state index contributed by atoms with van der Waals surface area (Å²) in [6.07, 6.45) is 0. The SMILES string of the molecule is COc1ccc(O)c([C@@H]2N[C@@H](C(=O)O)CS2)c1. The Balaban J connectivity index is 2.20. The molecule has 17 heavy (non-hydrogen) atoms. The molecule has 0 aliphatic carbocycles. The predicted octanol–water partition coefficient (Wildman–Crippen LogP) is 1.19. The number of ether oxygens (including phenoxy) is 1. The maximum absolute atomic E-state index is 10.8. The minimum absolute atomic E-state index is 0.141. The maximum atomic E-state index is 10.8. The first-order valence-electron chi connectivity index (χ1n) is 5.09. The standard InChI is InChI=1S/C11H13NO4S/c1-16-6-2-3-9(13)7(4-6)10-12-8(5-17-10)11(14)15/h2-4,8,10,12-13H,5H2,1H3,(H,14,15)/t8-,10-/m1/s1. The number of nitrogens with one attached hydrogen (secondary N) is 1. The summed E-state index contributed by atoms with van der Waals surface area (Å²) >= 11 is 1.46. The lowest BCUT2D eigenvalue weighted by molar-refractivity contribution is -0.138. The molecular weight excluding hydrogens is 242 g/mol. The summed E-state index contributed by atoms with van der Waals surface area (Å²) in [5.74, 6) is 0.389. The second-order valence-electron chi connectivity index (χ2n) is 3.70. The number of benzene rings is 1. The van der Waals surface area contributed by atoms with Crippen molar-refractivity contribution in [3.05, 3.63) is 23.8 Å². The minimum atomic E-state index is -0.873. The molecule has 0 amide bonds. The quantitative estimate of drug-likeness (QED) is 0.753. The lowest BCUT2D eigenvalue weighted by Crippen LogP contribution is -2.33. The van der Waals surface area contributed by atoms with Crippen LogP contribution in [0.4, 0.5) is 0 Å². The first kappa shape index (κ1) is 12.1. The average Bonchev–Trinajstić information content (AvgIpc) is 2.79. The molecule has 1 fully saturated rings. The molecule has 1 aromatic rings. The van der Waals surface area contributed by atoms with E-state index in [1.165, 1.54) is 11.8 Å². The Kier molecular flexibility index (Phi) is 3.44. The van der Waals surface area contributed by atoms with Gasteiger partial charge in [-0.15, -0.1) is 11.8 Å². The van der Waals surface area contributed by atoms with E-state index < -0.39 is 12.0 Å². The van der Waals surface area contributed by atoms with Gasteiger partial charge >= 0.3 is 5.97 Å². The van der Waals surface area contributed by atoms with Crippen molar-refractivity contribution in [1.29, 1.82) is 0 Å². The maximum Gasteiger partial charge on any atom is 0.321 e. The summed E-state index contributed by atoms with van der Waals surface area (Å²) in [6.45, 7) is 0. The van der Waals surface area contributed by atoms with Crippen LogP contribution < -0.4 is 10.1 Å². The van der Waals surface area contributed by atoms with E-state index in [0.29, 0.717) is 17.1 Å². The van der Waals surface area contributed by atoms with Crippen molar-refractivity contribution in [3.8, 4) is 11.5 Å². The second kappa shape index (κ2) is 4.85. The summed E-state index contributed by atoms with van der Waals surface area (Å²) < 4.78 is 5.08. The lowest BCUT2D eigenvalue weighted by Gasteiger charge is -2.14. The van der Waals surface area contributed by atoms with Crippen molar-refractivity contribution < 1.29 is 19.7 Å². The number of aliphatic carboxylic acids is 1. The largest absolute Gasteiger partial charge is 0.508 e. The van der Waals surface area contributed by atoms with Crippen LogP contribution in [0, 0.1) is 0 Å². The van der Waals surface area contributed by atoms with Gasteiger partial charge in [0.05, 0.1) is 12.5 Å². The molecule has 3 N–H and O–H groups in total. The smallest absolute Gasteiger partial charge is 0.321 e. The molecule has 0 unspecified atom stereocenters. The Labute approximate surface area is 103 Å². The molecule has 0 bridgehead atoms. The molecule has 0 aromatic heterocycles. The number of rotatable bonds is 3. The highest BCUT2D eigenvalue weighted by Crippen LogP contribution is 2.38. The molecule has 2 atom stereocenters. The van der Waals surface area contributed by atoms with Crippen LogP contribution in [0.15, 0.2) is 18.2 Å². The van der Waals surface area contributed by atoms with Crippen LogP contribution in [-0.2, 0) is 4.79 Å². The predicted molar refractivity (Wildman–Crippen MR) is 64.4 cm³/mol. The van der Waals surface area contributed by atoms with E-state index in [1.807, 2.05) is 0 Å². The Morgan fingerprint density at radius 3 is 2.94 bits per heavy atom. The molecule has 0 radical (unpaired) electrons. The van der Waals surface area contributed by atoms with Gasteiger partial charge in [-0.1, -0.05) is 0 Å². The number of phenolic OH excluding ortho intramolecular Hbond substituents is 1. The molecule has 1 aliphatic heterocycles. The number of phenols is 1. The van der Waals surface area contributed by atoms with Crippen LogP contribution >= 0.6 is 11.8 Å². The Bertz CT molecular complexity index is 437. The van der Waals surface area contributed by atoms with Crippen LogP contribution in [0.2, 0.25) is 0 Å². The normalized spacial score (nSPS) is 23.6. The number of carboxylic acid groups (broad SMARTS) is 1. The van der Waals surface area contributed by atoms with E-state index in [0.717, 1.165) is 0 Å². The molecule has 1 saturated heterocycles. The number of carboxylic acids is 1. The average molecular weight is 255 g/mol. The summed E-state index contributed by atoms with van der Waals surface area (Å²) in [5, 5.41) is 21.4. The third kappa shape index (κ3) is 2.48. The van der Waals surface area contributed by atoms with E-state index in [1.54, 1.807) is 25.3 Å². The van der Waals surface area contributed by atoms with Crippen LogP contribution in [0.1, 0.15) is 10.9 Å². The van der Waals surface area contributed by atoms with E-state index in [4.69, 9.17) is 9.84 Å². The molecule has 0 spiro atoms. The van der Waals surface area contributed by atoms with Gasteiger partial charge in [0.15, 0.2) is 0 Å². The monoisotopic (exact) mass is 255 g/mol. The van der Waals surface area contributed by atoms with E-state index in [-0.39, 0.29) is 11.1 Å². The number of aromatic hydroxyl groups is 1. The van der Waals surface area contributed by atoms with Gasteiger partial charge in [0.1, 0.15) is 17.5 Å². The molecule has 0 saturated carbocycles. The van der Waals surface area contributed by atoms with E-state index in [2.05, 4.69) is 5.32 Å². The van der Waals surface area contributed by atoms with Crippen molar-refractivity contribution >= 4 is 17.7 Å². The molecule has 1 heterocycles. The third-order valence-electron chi connectivity index (χ3n) is 2.60. The first-order valence-corrected chi connectivity index (χ1v) is 6.14. The zero-order chi connectivity index (χ0) is 12.4. The van der Waals surface area contributed by atoms with Gasteiger partial charge < -0.3 is 14.9 Å². The number of hydrogen-bond donors (Lipinski definition) is 3. The first-order chi connectivity index (χ1) is 8.11. The Morgan fingerprint density at radius 2 is 2.35 bits per heavy atom. The molecule has 92 valence electrons. The highest BCUT2D eigenvalue weighted by atomic mass is 32.2. The highest BCUT2D eigenvalue weighted by molar-refractivity contribution is 7.99. The van der Waals surface area contributed by atoms with Gasteiger partial charge in [0, 0.05) is 11.3 Å². The Hall–Kier alpha value is -1.40. The van der Waals surface area contributed by atoms with Gasteiger partial charge in [0.2, 0.25) is 0 Å². The number of carbonyl (C=O) groups is 1. The zero-order valence-corrected chi connectivity index (χ0v) is 10.0. The molecule has 1 aliphatic rings. The van der Waals surface area contributed by atoms with Crippen molar-refractivity contribution in [2.45, 2.75) is 11.4 Å². The van der Waals surface area contributed by atoms with Crippen molar-refractivity contribution in [2.75, 3.05) is 12.9 Å². The van der Waals surface area contributed by atoms with Crippen LogP contribution in [0.5, 0.6) is 11.5 Å². The van der Waals surface area contributed by atoms with Crippen molar-refractivity contribution in [3.63, 3.8) is 0 Å². The van der Waals surface area contributed by atoms with Gasteiger partial charge in [-0.05, 0) is 18.2 Å². The van der Waals surface area contributed by atoms with Gasteiger partial charge in [-0.3, -0.25) is 10.1 Å². The fourth-order valence-corrected chi connectivity index (χ4v) is 2.92. The fourth-order valence-electron chi connectivity index (χ4n) is 1.66. The molecule has 6 heteroatoms. The topological polar surface area (TPSA) is 78.8 Å².